The third-order valence-corrected chi connectivity index (χ3v) is 2.83. The molecule has 0 saturated heterocycles. The van der Waals surface area contributed by atoms with Crippen LogP contribution in [0.2, 0.25) is 0 Å². The van der Waals surface area contributed by atoms with Crippen LogP contribution in [0.3, 0.4) is 0 Å². The summed E-state index contributed by atoms with van der Waals surface area (Å²) in [5.74, 6) is -0.947. The summed E-state index contributed by atoms with van der Waals surface area (Å²) >= 11 is 0. The number of aliphatic hydroxyl groups is 1. The molecule has 0 bridgehead atoms. The van der Waals surface area contributed by atoms with Gasteiger partial charge in [-0.25, -0.2) is 4.79 Å². The Balaban J connectivity index is 2.69. The Kier molecular flexibility index (Phi) is 6.25. The van der Waals surface area contributed by atoms with Gasteiger partial charge in [0.05, 0.1) is 6.10 Å². The van der Waals surface area contributed by atoms with Crippen LogP contribution in [0.15, 0.2) is 30.3 Å². The van der Waals surface area contributed by atoms with Crippen molar-refractivity contribution in [1.82, 2.24) is 4.90 Å². The third-order valence-electron chi connectivity index (χ3n) is 2.83. The van der Waals surface area contributed by atoms with E-state index in [0.29, 0.717) is 0 Å². The molecular weight excluding hydrogens is 242 g/mol. The van der Waals surface area contributed by atoms with Gasteiger partial charge in [0.1, 0.15) is 0 Å². The fraction of sp³-hybridized carbons (Fsp3) is 0.400. The third kappa shape index (κ3) is 6.18. The Labute approximate surface area is 114 Å². The van der Waals surface area contributed by atoms with Gasteiger partial charge in [-0.15, -0.1) is 0 Å². The molecule has 104 valence electrons. The molecule has 1 unspecified atom stereocenters. The van der Waals surface area contributed by atoms with Crippen LogP contribution in [-0.2, 0) is 11.3 Å². The summed E-state index contributed by atoms with van der Waals surface area (Å²) in [6, 6.07) is 7.72. The Morgan fingerprint density at radius 3 is 2.74 bits per heavy atom. The predicted octanol–water partition coefficient (Wildman–Crippen LogP) is 1.99. The first-order valence-corrected chi connectivity index (χ1v) is 6.34. The summed E-state index contributed by atoms with van der Waals surface area (Å²) in [6.07, 6.45) is 3.18. The second kappa shape index (κ2) is 7.71. The van der Waals surface area contributed by atoms with Gasteiger partial charge in [-0.05, 0) is 37.6 Å². The van der Waals surface area contributed by atoms with E-state index in [-0.39, 0.29) is 6.10 Å². The number of aliphatic carboxylic acids is 1. The number of benzene rings is 1. The Morgan fingerprint density at radius 1 is 1.42 bits per heavy atom. The predicted molar refractivity (Wildman–Crippen MR) is 75.7 cm³/mol. The van der Waals surface area contributed by atoms with Crippen molar-refractivity contribution in [2.45, 2.75) is 26.0 Å². The second-order valence-electron chi connectivity index (χ2n) is 4.75. The normalized spacial score (nSPS) is 13.1. The summed E-state index contributed by atoms with van der Waals surface area (Å²) in [5.41, 5.74) is 1.99. The van der Waals surface area contributed by atoms with Crippen LogP contribution < -0.4 is 0 Å². The molecule has 0 aromatic heterocycles. The largest absolute Gasteiger partial charge is 0.478 e. The summed E-state index contributed by atoms with van der Waals surface area (Å²) in [6.45, 7) is 3.30. The molecule has 0 aliphatic heterocycles. The lowest BCUT2D eigenvalue weighted by atomic mass is 10.1. The van der Waals surface area contributed by atoms with Gasteiger partial charge in [0.15, 0.2) is 0 Å². The van der Waals surface area contributed by atoms with E-state index in [2.05, 4.69) is 4.90 Å². The zero-order chi connectivity index (χ0) is 14.3. The molecule has 0 aliphatic carbocycles. The first-order chi connectivity index (χ1) is 8.99. The Bertz CT molecular complexity index is 441. The Morgan fingerprint density at radius 2 is 2.11 bits per heavy atom. The molecule has 4 heteroatoms. The van der Waals surface area contributed by atoms with Crippen molar-refractivity contribution in [2.75, 3.05) is 13.6 Å². The van der Waals surface area contributed by atoms with Crippen LogP contribution in [0.4, 0.5) is 0 Å². The maximum atomic E-state index is 10.6. The summed E-state index contributed by atoms with van der Waals surface area (Å²) in [4.78, 5) is 12.7. The molecule has 1 aromatic carbocycles. The van der Waals surface area contributed by atoms with Gasteiger partial charge in [0.25, 0.3) is 0 Å². The highest BCUT2D eigenvalue weighted by molar-refractivity contribution is 5.85. The highest BCUT2D eigenvalue weighted by atomic mass is 16.4. The number of carboxylic acid groups (broad SMARTS) is 1. The van der Waals surface area contributed by atoms with Gasteiger partial charge in [-0.1, -0.05) is 24.3 Å². The molecule has 2 N–H and O–H groups in total. The molecular formula is C15H21NO3. The van der Waals surface area contributed by atoms with Crippen molar-refractivity contribution < 1.29 is 15.0 Å². The topological polar surface area (TPSA) is 60.8 Å². The highest BCUT2D eigenvalue weighted by Crippen LogP contribution is 2.13. The van der Waals surface area contributed by atoms with Crippen molar-refractivity contribution >= 4 is 12.0 Å². The monoisotopic (exact) mass is 263 g/mol. The van der Waals surface area contributed by atoms with Gasteiger partial charge >= 0.3 is 5.97 Å². The van der Waals surface area contributed by atoms with Gasteiger partial charge in [0, 0.05) is 19.2 Å². The van der Waals surface area contributed by atoms with E-state index in [0.717, 1.165) is 36.7 Å². The number of carboxylic acids is 1. The molecule has 0 saturated carbocycles. The number of carbonyl (C=O) groups is 1. The summed E-state index contributed by atoms with van der Waals surface area (Å²) < 4.78 is 0. The minimum absolute atomic E-state index is 0.301. The van der Waals surface area contributed by atoms with Crippen molar-refractivity contribution in [1.29, 1.82) is 0 Å². The Hall–Kier alpha value is -1.65. The summed E-state index contributed by atoms with van der Waals surface area (Å²) in [5, 5.41) is 17.9. The van der Waals surface area contributed by atoms with Crippen LogP contribution in [-0.4, -0.2) is 40.8 Å². The molecule has 0 fully saturated rings. The quantitative estimate of drug-likeness (QED) is 0.739. The number of nitrogens with zero attached hydrogens (tertiary/aromatic N) is 1. The lowest BCUT2D eigenvalue weighted by Gasteiger charge is -2.18. The second-order valence-corrected chi connectivity index (χ2v) is 4.75. The van der Waals surface area contributed by atoms with E-state index in [4.69, 9.17) is 5.11 Å². The number of rotatable bonds is 7. The maximum Gasteiger partial charge on any atom is 0.328 e. The minimum atomic E-state index is -0.947. The van der Waals surface area contributed by atoms with Crippen molar-refractivity contribution in [3.63, 3.8) is 0 Å². The average Bonchev–Trinajstić information content (AvgIpc) is 2.35. The standard InChI is InChI=1S/C15H21NO3/c1-12(17)9-10-16(2)11-14-6-4-3-5-13(14)7-8-15(18)19/h3-8,12,17H,9-11H2,1-2H3,(H,18,19)/b8-7+. The number of hydrogen-bond acceptors (Lipinski definition) is 3. The lowest BCUT2D eigenvalue weighted by Crippen LogP contribution is -2.22. The molecule has 4 nitrogen and oxygen atoms in total. The van der Waals surface area contributed by atoms with Crippen LogP contribution in [0.1, 0.15) is 24.5 Å². The van der Waals surface area contributed by atoms with E-state index < -0.39 is 5.97 Å². The van der Waals surface area contributed by atoms with Gasteiger partial charge in [0.2, 0.25) is 0 Å². The van der Waals surface area contributed by atoms with E-state index in [1.807, 2.05) is 31.3 Å². The fourth-order valence-corrected chi connectivity index (χ4v) is 1.78. The smallest absolute Gasteiger partial charge is 0.328 e. The van der Waals surface area contributed by atoms with E-state index in [1.54, 1.807) is 13.0 Å². The molecule has 0 spiro atoms. The van der Waals surface area contributed by atoms with E-state index in [1.165, 1.54) is 0 Å². The molecule has 1 aromatic rings. The van der Waals surface area contributed by atoms with Crippen LogP contribution in [0.25, 0.3) is 6.08 Å². The molecule has 1 atom stereocenters. The number of aliphatic hydroxyl groups excluding tert-OH is 1. The van der Waals surface area contributed by atoms with Crippen LogP contribution >= 0.6 is 0 Å². The van der Waals surface area contributed by atoms with E-state index >= 15 is 0 Å². The number of hydrogen-bond donors (Lipinski definition) is 2. The minimum Gasteiger partial charge on any atom is -0.478 e. The maximum absolute atomic E-state index is 10.6. The molecule has 19 heavy (non-hydrogen) atoms. The highest BCUT2D eigenvalue weighted by Gasteiger charge is 2.05. The molecule has 0 radical (unpaired) electrons. The van der Waals surface area contributed by atoms with Crippen LogP contribution in [0.5, 0.6) is 0 Å². The zero-order valence-electron chi connectivity index (χ0n) is 11.4. The molecule has 0 aliphatic rings. The lowest BCUT2D eigenvalue weighted by molar-refractivity contribution is -0.131. The fourth-order valence-electron chi connectivity index (χ4n) is 1.78. The van der Waals surface area contributed by atoms with Crippen molar-refractivity contribution in [3.05, 3.63) is 41.5 Å². The first kappa shape index (κ1) is 15.4. The van der Waals surface area contributed by atoms with E-state index in [9.17, 15) is 9.90 Å². The zero-order valence-corrected chi connectivity index (χ0v) is 11.4. The SMILES string of the molecule is CC(O)CCN(C)Cc1ccccc1/C=C/C(=O)O. The first-order valence-electron chi connectivity index (χ1n) is 6.34. The average molecular weight is 263 g/mol. The molecule has 0 amide bonds. The summed E-state index contributed by atoms with van der Waals surface area (Å²) in [7, 11) is 1.99. The van der Waals surface area contributed by atoms with Crippen molar-refractivity contribution in [2.24, 2.45) is 0 Å². The van der Waals surface area contributed by atoms with Gasteiger partial charge < -0.3 is 15.1 Å². The van der Waals surface area contributed by atoms with Crippen molar-refractivity contribution in [3.8, 4) is 0 Å². The van der Waals surface area contributed by atoms with Crippen LogP contribution in [0, 0.1) is 0 Å². The van der Waals surface area contributed by atoms with Gasteiger partial charge in [-0.2, -0.15) is 0 Å². The molecule has 1 rings (SSSR count). The van der Waals surface area contributed by atoms with Gasteiger partial charge in [-0.3, -0.25) is 0 Å². The molecule has 0 heterocycles.